The van der Waals surface area contributed by atoms with Crippen LogP contribution in [-0.2, 0) is 11.3 Å². The van der Waals surface area contributed by atoms with Gasteiger partial charge in [0.05, 0.1) is 12.7 Å². The van der Waals surface area contributed by atoms with E-state index in [2.05, 4.69) is 43.1 Å². The molecule has 0 radical (unpaired) electrons. The van der Waals surface area contributed by atoms with Crippen molar-refractivity contribution in [2.45, 2.75) is 39.5 Å². The number of anilines is 1. The quantitative estimate of drug-likeness (QED) is 0.919. The Bertz CT molecular complexity index is 423. The Labute approximate surface area is 120 Å². The lowest BCUT2D eigenvalue weighted by Gasteiger charge is -2.34. The number of benzene rings is 1. The van der Waals surface area contributed by atoms with E-state index in [0.717, 1.165) is 31.3 Å². The Morgan fingerprint density at radius 2 is 2.26 bits per heavy atom. The molecule has 1 unspecified atom stereocenters. The Kier molecular flexibility index (Phi) is 5.08. The fourth-order valence-corrected chi connectivity index (χ4v) is 2.50. The van der Waals surface area contributed by atoms with E-state index >= 15 is 0 Å². The summed E-state index contributed by atoms with van der Waals surface area (Å²) in [6.45, 7) is 9.94. The molecule has 1 fully saturated rings. The van der Waals surface area contributed by atoms with Crippen molar-refractivity contribution in [2.75, 3.05) is 24.6 Å². The molecule has 1 aromatic rings. The molecule has 4 heteroatoms. The van der Waals surface area contributed by atoms with E-state index < -0.39 is 0 Å². The zero-order chi connectivity index (χ0) is 13.8. The van der Waals surface area contributed by atoms with Crippen molar-refractivity contribution in [1.82, 2.24) is 5.32 Å². The molecule has 0 aromatic heterocycles. The molecule has 0 aliphatic carbocycles. The van der Waals surface area contributed by atoms with Gasteiger partial charge in [-0.2, -0.15) is 0 Å². The van der Waals surface area contributed by atoms with E-state index in [9.17, 15) is 0 Å². The van der Waals surface area contributed by atoms with Crippen LogP contribution in [0.3, 0.4) is 0 Å². The minimum absolute atomic E-state index is 0.277. The third-order valence-electron chi connectivity index (χ3n) is 3.33. The van der Waals surface area contributed by atoms with Gasteiger partial charge in [-0.15, -0.1) is 0 Å². The highest BCUT2D eigenvalue weighted by molar-refractivity contribution is 6.30. The molecule has 106 valence electrons. The molecule has 1 aromatic carbocycles. The van der Waals surface area contributed by atoms with Crippen LogP contribution in [0.15, 0.2) is 18.2 Å². The number of halogens is 1. The van der Waals surface area contributed by atoms with Crippen LogP contribution in [0.4, 0.5) is 5.69 Å². The normalized spacial score (nSPS) is 20.1. The Morgan fingerprint density at radius 3 is 2.95 bits per heavy atom. The lowest BCUT2D eigenvalue weighted by atomic mass is 10.1. The van der Waals surface area contributed by atoms with Gasteiger partial charge < -0.3 is 15.0 Å². The van der Waals surface area contributed by atoms with Gasteiger partial charge in [0.15, 0.2) is 0 Å². The Balaban J connectivity index is 2.18. The highest BCUT2D eigenvalue weighted by atomic mass is 35.5. The van der Waals surface area contributed by atoms with Crippen LogP contribution < -0.4 is 10.2 Å². The van der Waals surface area contributed by atoms with Gasteiger partial charge in [-0.05, 0) is 24.6 Å². The maximum Gasteiger partial charge on any atom is 0.0722 e. The molecule has 0 saturated carbocycles. The number of hydrogen-bond donors (Lipinski definition) is 1. The fraction of sp³-hybridized carbons (Fsp3) is 0.600. The first kappa shape index (κ1) is 14.6. The zero-order valence-corrected chi connectivity index (χ0v) is 12.7. The largest absolute Gasteiger partial charge is 0.375 e. The van der Waals surface area contributed by atoms with Crippen molar-refractivity contribution in [3.63, 3.8) is 0 Å². The second kappa shape index (κ2) is 6.60. The molecule has 1 N–H and O–H groups in total. The molecule has 1 aliphatic rings. The summed E-state index contributed by atoms with van der Waals surface area (Å²) in [5, 5.41) is 4.26. The molecule has 0 amide bonds. The van der Waals surface area contributed by atoms with Crippen molar-refractivity contribution < 1.29 is 4.74 Å². The minimum Gasteiger partial charge on any atom is -0.375 e. The monoisotopic (exact) mass is 282 g/mol. The van der Waals surface area contributed by atoms with E-state index in [1.54, 1.807) is 0 Å². The van der Waals surface area contributed by atoms with Crippen LogP contribution in [0.2, 0.25) is 5.02 Å². The summed E-state index contributed by atoms with van der Waals surface area (Å²) in [6.07, 6.45) is 0.277. The van der Waals surface area contributed by atoms with Gasteiger partial charge >= 0.3 is 0 Å². The smallest absolute Gasteiger partial charge is 0.0722 e. The van der Waals surface area contributed by atoms with Crippen molar-refractivity contribution >= 4 is 17.3 Å². The van der Waals surface area contributed by atoms with Gasteiger partial charge in [-0.25, -0.2) is 0 Å². The highest BCUT2D eigenvalue weighted by Gasteiger charge is 2.19. The number of hydrogen-bond acceptors (Lipinski definition) is 3. The van der Waals surface area contributed by atoms with Gasteiger partial charge in [0, 0.05) is 36.4 Å². The molecule has 0 spiro atoms. The van der Waals surface area contributed by atoms with Gasteiger partial charge in [0.1, 0.15) is 0 Å². The lowest BCUT2D eigenvalue weighted by Crippen LogP contribution is -2.41. The molecular weight excluding hydrogens is 260 g/mol. The summed E-state index contributed by atoms with van der Waals surface area (Å²) >= 11 is 6.16. The van der Waals surface area contributed by atoms with Crippen LogP contribution in [0.5, 0.6) is 0 Å². The summed E-state index contributed by atoms with van der Waals surface area (Å²) in [4.78, 5) is 2.37. The van der Waals surface area contributed by atoms with Crippen molar-refractivity contribution in [3.05, 3.63) is 28.8 Å². The van der Waals surface area contributed by atoms with Crippen molar-refractivity contribution in [2.24, 2.45) is 0 Å². The number of nitrogens with zero attached hydrogens (tertiary/aromatic N) is 1. The highest BCUT2D eigenvalue weighted by Crippen LogP contribution is 2.26. The first-order valence-electron chi connectivity index (χ1n) is 6.94. The second-order valence-electron chi connectivity index (χ2n) is 5.44. The predicted octanol–water partition coefficient (Wildman–Crippen LogP) is 3.06. The average molecular weight is 283 g/mol. The predicted molar refractivity (Wildman–Crippen MR) is 81.1 cm³/mol. The van der Waals surface area contributed by atoms with Crippen molar-refractivity contribution in [3.8, 4) is 0 Å². The molecule has 19 heavy (non-hydrogen) atoms. The molecule has 1 heterocycles. The van der Waals surface area contributed by atoms with E-state index in [1.807, 2.05) is 6.07 Å². The first-order valence-corrected chi connectivity index (χ1v) is 7.32. The minimum atomic E-state index is 0.277. The third-order valence-corrected chi connectivity index (χ3v) is 3.56. The number of ether oxygens (including phenoxy) is 1. The average Bonchev–Trinajstić information content (AvgIpc) is 2.37. The van der Waals surface area contributed by atoms with Gasteiger partial charge in [-0.3, -0.25) is 0 Å². The summed E-state index contributed by atoms with van der Waals surface area (Å²) in [7, 11) is 0. The standard InChI is InChI=1S/C15H23ClN2O/c1-11(2)17-9-13-4-5-14(16)8-15(13)18-6-7-19-12(3)10-18/h4-5,8,11-12,17H,6-7,9-10H2,1-3H3. The third kappa shape index (κ3) is 4.10. The number of morpholine rings is 1. The summed E-state index contributed by atoms with van der Waals surface area (Å²) in [5.74, 6) is 0. The molecule has 1 aliphatic heterocycles. The molecule has 1 atom stereocenters. The van der Waals surface area contributed by atoms with Crippen LogP contribution >= 0.6 is 11.6 Å². The van der Waals surface area contributed by atoms with Gasteiger partial charge in [0.2, 0.25) is 0 Å². The Hall–Kier alpha value is -0.770. The van der Waals surface area contributed by atoms with E-state index in [-0.39, 0.29) is 6.10 Å². The Morgan fingerprint density at radius 1 is 1.47 bits per heavy atom. The van der Waals surface area contributed by atoms with Crippen LogP contribution in [0.25, 0.3) is 0 Å². The first-order chi connectivity index (χ1) is 9.06. The van der Waals surface area contributed by atoms with Crippen LogP contribution in [0.1, 0.15) is 26.3 Å². The van der Waals surface area contributed by atoms with E-state index in [1.165, 1.54) is 11.3 Å². The molecular formula is C15H23ClN2O. The fourth-order valence-electron chi connectivity index (χ4n) is 2.33. The molecule has 0 bridgehead atoms. The topological polar surface area (TPSA) is 24.5 Å². The zero-order valence-electron chi connectivity index (χ0n) is 11.9. The molecule has 2 rings (SSSR count). The van der Waals surface area contributed by atoms with E-state index in [4.69, 9.17) is 16.3 Å². The van der Waals surface area contributed by atoms with Crippen LogP contribution in [0, 0.1) is 0 Å². The maximum atomic E-state index is 6.16. The molecule has 1 saturated heterocycles. The molecule has 3 nitrogen and oxygen atoms in total. The number of rotatable bonds is 4. The summed E-state index contributed by atoms with van der Waals surface area (Å²) in [5.41, 5.74) is 2.53. The number of nitrogens with one attached hydrogen (secondary N) is 1. The van der Waals surface area contributed by atoms with Gasteiger partial charge in [0.25, 0.3) is 0 Å². The summed E-state index contributed by atoms with van der Waals surface area (Å²) < 4.78 is 5.61. The lowest BCUT2D eigenvalue weighted by molar-refractivity contribution is 0.0531. The van der Waals surface area contributed by atoms with Gasteiger partial charge in [-0.1, -0.05) is 31.5 Å². The second-order valence-corrected chi connectivity index (χ2v) is 5.87. The maximum absolute atomic E-state index is 6.16. The van der Waals surface area contributed by atoms with Crippen molar-refractivity contribution in [1.29, 1.82) is 0 Å². The van der Waals surface area contributed by atoms with E-state index in [0.29, 0.717) is 6.04 Å². The summed E-state index contributed by atoms with van der Waals surface area (Å²) in [6, 6.07) is 6.63. The SMILES string of the molecule is CC(C)NCc1ccc(Cl)cc1N1CCOC(C)C1. The van der Waals surface area contributed by atoms with Crippen LogP contribution in [-0.4, -0.2) is 31.8 Å².